The van der Waals surface area contributed by atoms with Crippen LogP contribution in [0.1, 0.15) is 44.9 Å². The van der Waals surface area contributed by atoms with Crippen molar-refractivity contribution in [3.63, 3.8) is 0 Å². The first kappa shape index (κ1) is 8.28. The number of rotatable bonds is 0. The summed E-state index contributed by atoms with van der Waals surface area (Å²) in [5.74, 6) is 2.17. The molecule has 13 heavy (non-hydrogen) atoms. The van der Waals surface area contributed by atoms with Crippen LogP contribution in [0.25, 0.3) is 0 Å². The summed E-state index contributed by atoms with van der Waals surface area (Å²) >= 11 is 0. The Kier molecular flexibility index (Phi) is 2.08. The fourth-order valence-corrected chi connectivity index (χ4v) is 3.96. The number of hydrogen-bond donors (Lipinski definition) is 0. The molecule has 2 heterocycles. The van der Waals surface area contributed by atoms with Crippen molar-refractivity contribution in [1.82, 2.24) is 4.90 Å². The lowest BCUT2D eigenvalue weighted by Gasteiger charge is -2.40. The standard InChI is InChI=1S/C12H21N/c1-2-7-13-9-10(4-1)8-11-5-3-6-12(11)13/h10-12H,1-9H2. The van der Waals surface area contributed by atoms with Crippen LogP contribution in [0.2, 0.25) is 0 Å². The molecule has 1 saturated carbocycles. The molecule has 0 radical (unpaired) electrons. The van der Waals surface area contributed by atoms with E-state index < -0.39 is 0 Å². The predicted molar refractivity (Wildman–Crippen MR) is 54.7 cm³/mol. The summed E-state index contributed by atoms with van der Waals surface area (Å²) in [4.78, 5) is 2.83. The van der Waals surface area contributed by atoms with Gasteiger partial charge in [-0.3, -0.25) is 4.90 Å². The molecule has 2 aliphatic heterocycles. The molecule has 74 valence electrons. The van der Waals surface area contributed by atoms with Gasteiger partial charge in [-0.15, -0.1) is 0 Å². The van der Waals surface area contributed by atoms with Gasteiger partial charge in [0.1, 0.15) is 0 Å². The highest BCUT2D eigenvalue weighted by molar-refractivity contribution is 4.93. The van der Waals surface area contributed by atoms with Crippen LogP contribution < -0.4 is 0 Å². The van der Waals surface area contributed by atoms with Crippen LogP contribution in [0.4, 0.5) is 0 Å². The summed E-state index contributed by atoms with van der Waals surface area (Å²) < 4.78 is 0. The smallest absolute Gasteiger partial charge is 0.0124 e. The first-order valence-electron chi connectivity index (χ1n) is 6.17. The molecule has 0 aromatic carbocycles. The topological polar surface area (TPSA) is 3.24 Å². The minimum Gasteiger partial charge on any atom is -0.300 e. The maximum atomic E-state index is 2.83. The highest BCUT2D eigenvalue weighted by Crippen LogP contribution is 2.41. The number of hydrogen-bond acceptors (Lipinski definition) is 1. The van der Waals surface area contributed by atoms with Crippen molar-refractivity contribution in [2.45, 2.75) is 51.0 Å². The second-order valence-electron chi connectivity index (χ2n) is 5.35. The zero-order valence-electron chi connectivity index (χ0n) is 8.54. The van der Waals surface area contributed by atoms with Crippen molar-refractivity contribution in [2.24, 2.45) is 11.8 Å². The Balaban J connectivity index is 1.79. The van der Waals surface area contributed by atoms with E-state index in [-0.39, 0.29) is 0 Å². The average molecular weight is 179 g/mol. The van der Waals surface area contributed by atoms with Crippen LogP contribution in [0.15, 0.2) is 0 Å². The molecule has 1 heteroatoms. The molecule has 0 N–H and O–H groups in total. The first-order valence-corrected chi connectivity index (χ1v) is 6.17. The Morgan fingerprint density at radius 3 is 2.92 bits per heavy atom. The molecule has 4 atom stereocenters. The van der Waals surface area contributed by atoms with Gasteiger partial charge in [-0.05, 0) is 50.5 Å². The van der Waals surface area contributed by atoms with Gasteiger partial charge < -0.3 is 0 Å². The molecule has 0 aromatic heterocycles. The molecule has 0 amide bonds. The molecule has 3 aliphatic rings. The predicted octanol–water partition coefficient (Wildman–Crippen LogP) is 2.66. The lowest BCUT2D eigenvalue weighted by atomic mass is 9.84. The van der Waals surface area contributed by atoms with E-state index >= 15 is 0 Å². The Bertz CT molecular complexity index is 188. The molecule has 4 unspecified atom stereocenters. The molecule has 2 bridgehead atoms. The molecule has 2 saturated heterocycles. The third-order valence-electron chi connectivity index (χ3n) is 4.52. The van der Waals surface area contributed by atoms with Gasteiger partial charge in [0.2, 0.25) is 0 Å². The Morgan fingerprint density at radius 1 is 0.923 bits per heavy atom. The normalized spacial score (nSPS) is 49.8. The summed E-state index contributed by atoms with van der Waals surface area (Å²) in [6.45, 7) is 2.86. The quantitative estimate of drug-likeness (QED) is 0.552. The molecule has 0 spiro atoms. The van der Waals surface area contributed by atoms with Gasteiger partial charge in [-0.2, -0.15) is 0 Å². The van der Waals surface area contributed by atoms with Crippen molar-refractivity contribution in [1.29, 1.82) is 0 Å². The SMILES string of the molecule is C1CCN2CC(C1)CC1CCCC12. The van der Waals surface area contributed by atoms with E-state index in [9.17, 15) is 0 Å². The van der Waals surface area contributed by atoms with E-state index in [1.807, 2.05) is 0 Å². The molecule has 1 aliphatic carbocycles. The van der Waals surface area contributed by atoms with E-state index in [0.29, 0.717) is 0 Å². The summed E-state index contributed by atoms with van der Waals surface area (Å²) in [6, 6.07) is 1.01. The van der Waals surface area contributed by atoms with Crippen molar-refractivity contribution in [3.8, 4) is 0 Å². The van der Waals surface area contributed by atoms with Crippen LogP contribution >= 0.6 is 0 Å². The van der Waals surface area contributed by atoms with Crippen molar-refractivity contribution in [2.75, 3.05) is 13.1 Å². The van der Waals surface area contributed by atoms with Gasteiger partial charge in [-0.25, -0.2) is 0 Å². The number of fused-ring (bicyclic) bond motifs is 4. The molecular formula is C12H21N. The van der Waals surface area contributed by atoms with E-state index in [0.717, 1.165) is 17.9 Å². The average Bonchev–Trinajstić information content (AvgIpc) is 2.51. The lowest BCUT2D eigenvalue weighted by molar-refractivity contribution is 0.0845. The summed E-state index contributed by atoms with van der Waals surface area (Å²) in [5, 5.41) is 0. The van der Waals surface area contributed by atoms with Crippen molar-refractivity contribution < 1.29 is 0 Å². The van der Waals surface area contributed by atoms with Gasteiger partial charge in [0.15, 0.2) is 0 Å². The van der Waals surface area contributed by atoms with Crippen LogP contribution in [-0.2, 0) is 0 Å². The van der Waals surface area contributed by atoms with E-state index in [2.05, 4.69) is 4.90 Å². The van der Waals surface area contributed by atoms with E-state index in [4.69, 9.17) is 0 Å². The van der Waals surface area contributed by atoms with Crippen LogP contribution in [0, 0.1) is 11.8 Å². The van der Waals surface area contributed by atoms with Crippen LogP contribution in [-0.4, -0.2) is 24.0 Å². The van der Waals surface area contributed by atoms with Crippen LogP contribution in [0.5, 0.6) is 0 Å². The Hall–Kier alpha value is -0.0400. The first-order chi connectivity index (χ1) is 6.43. The third-order valence-corrected chi connectivity index (χ3v) is 4.52. The summed E-state index contributed by atoms with van der Waals surface area (Å²) in [7, 11) is 0. The van der Waals surface area contributed by atoms with Gasteiger partial charge in [0, 0.05) is 12.6 Å². The van der Waals surface area contributed by atoms with E-state index in [1.54, 1.807) is 6.42 Å². The highest BCUT2D eigenvalue weighted by Gasteiger charge is 2.39. The van der Waals surface area contributed by atoms with Gasteiger partial charge in [0.05, 0.1) is 0 Å². The second kappa shape index (κ2) is 3.27. The van der Waals surface area contributed by atoms with Crippen molar-refractivity contribution >= 4 is 0 Å². The highest BCUT2D eigenvalue weighted by atomic mass is 15.2. The molecule has 3 rings (SSSR count). The Labute approximate surface area is 81.5 Å². The minimum absolute atomic E-state index is 1.01. The minimum atomic E-state index is 1.01. The maximum absolute atomic E-state index is 2.83. The molecule has 0 aromatic rings. The molecule has 3 fully saturated rings. The third kappa shape index (κ3) is 1.41. The zero-order valence-corrected chi connectivity index (χ0v) is 8.54. The molecule has 1 nitrogen and oxygen atoms in total. The van der Waals surface area contributed by atoms with Gasteiger partial charge in [-0.1, -0.05) is 12.8 Å². The van der Waals surface area contributed by atoms with Gasteiger partial charge >= 0.3 is 0 Å². The van der Waals surface area contributed by atoms with Crippen LogP contribution in [0.3, 0.4) is 0 Å². The number of piperidine rings is 1. The number of nitrogens with zero attached hydrogens (tertiary/aromatic N) is 1. The van der Waals surface area contributed by atoms with Gasteiger partial charge in [0.25, 0.3) is 0 Å². The summed E-state index contributed by atoms with van der Waals surface area (Å²) in [6.07, 6.45) is 10.6. The van der Waals surface area contributed by atoms with E-state index in [1.165, 1.54) is 51.6 Å². The second-order valence-corrected chi connectivity index (χ2v) is 5.35. The maximum Gasteiger partial charge on any atom is 0.0124 e. The fraction of sp³-hybridized carbons (Fsp3) is 1.00. The monoisotopic (exact) mass is 179 g/mol. The van der Waals surface area contributed by atoms with Crippen molar-refractivity contribution in [3.05, 3.63) is 0 Å². The molecular weight excluding hydrogens is 158 g/mol. The summed E-state index contributed by atoms with van der Waals surface area (Å²) in [5.41, 5.74) is 0. The lowest BCUT2D eigenvalue weighted by Crippen LogP contribution is -2.45. The Morgan fingerprint density at radius 2 is 1.92 bits per heavy atom. The fourth-order valence-electron chi connectivity index (χ4n) is 3.96. The largest absolute Gasteiger partial charge is 0.300 e. The zero-order chi connectivity index (χ0) is 8.67.